The second-order valence-corrected chi connectivity index (χ2v) is 9.56. The molecule has 184 valence electrons. The summed E-state index contributed by atoms with van der Waals surface area (Å²) in [6.45, 7) is 10.7. The Labute approximate surface area is 211 Å². The number of nitrogens with one attached hydrogen (secondary N) is 2. The van der Waals surface area contributed by atoms with Crippen molar-refractivity contribution in [1.82, 2.24) is 14.8 Å². The minimum absolute atomic E-state index is 0.166. The number of pyridine rings is 1. The van der Waals surface area contributed by atoms with Gasteiger partial charge in [-0.15, -0.1) is 0 Å². The molecule has 1 aliphatic heterocycles. The van der Waals surface area contributed by atoms with Crippen LogP contribution in [0.4, 0.5) is 10.1 Å². The molecule has 0 radical (unpaired) electrons. The highest BCUT2D eigenvalue weighted by Gasteiger charge is 2.18. The van der Waals surface area contributed by atoms with Gasteiger partial charge in [-0.25, -0.2) is 4.39 Å². The zero-order valence-corrected chi connectivity index (χ0v) is 20.9. The normalized spacial score (nSPS) is 15.9. The largest absolute Gasteiger partial charge is 0.398 e. The van der Waals surface area contributed by atoms with E-state index in [-0.39, 0.29) is 11.3 Å². The zero-order valence-electron chi connectivity index (χ0n) is 20.2. The Kier molecular flexibility index (Phi) is 8.00. The second kappa shape index (κ2) is 11.2. The first-order valence-corrected chi connectivity index (χ1v) is 12.3. The third-order valence-corrected chi connectivity index (χ3v) is 6.77. The van der Waals surface area contributed by atoms with Crippen molar-refractivity contribution in [3.05, 3.63) is 70.6 Å². The number of piperazine rings is 1. The fraction of sp³-hybridized carbons (Fsp3) is 0.333. The first kappa shape index (κ1) is 25.1. The second-order valence-electron chi connectivity index (χ2n) is 9.13. The van der Waals surface area contributed by atoms with Crippen molar-refractivity contribution < 1.29 is 4.39 Å². The van der Waals surface area contributed by atoms with Gasteiger partial charge in [0.2, 0.25) is 0 Å². The third-order valence-electron chi connectivity index (χ3n) is 6.54. The van der Waals surface area contributed by atoms with E-state index in [0.717, 1.165) is 62.1 Å². The maximum atomic E-state index is 14.4. The minimum Gasteiger partial charge on any atom is -0.398 e. The Bertz CT molecular complexity index is 1230. The predicted octanol–water partition coefficient (Wildman–Crippen LogP) is 4.94. The van der Waals surface area contributed by atoms with Crippen LogP contribution in [0, 0.1) is 11.2 Å². The van der Waals surface area contributed by atoms with E-state index in [9.17, 15) is 4.39 Å². The lowest BCUT2D eigenvalue weighted by atomic mass is 9.98. The van der Waals surface area contributed by atoms with E-state index < -0.39 is 5.82 Å². The van der Waals surface area contributed by atoms with Gasteiger partial charge in [-0.3, -0.25) is 14.8 Å². The number of fused-ring (bicyclic) bond motifs is 1. The molecule has 6 nitrogen and oxygen atoms in total. The van der Waals surface area contributed by atoms with Crippen LogP contribution >= 0.6 is 11.6 Å². The van der Waals surface area contributed by atoms with Crippen LogP contribution < -0.4 is 11.1 Å². The number of rotatable bonds is 8. The Hall–Kier alpha value is -3.00. The van der Waals surface area contributed by atoms with Crippen molar-refractivity contribution in [1.29, 1.82) is 5.41 Å². The van der Waals surface area contributed by atoms with Crippen LogP contribution in [0.2, 0.25) is 5.02 Å². The van der Waals surface area contributed by atoms with Crippen molar-refractivity contribution in [3.63, 3.8) is 0 Å². The standard InChI is InChI=1S/C27H32ClFN6/c1-18(2)35-11-9-34(10-12-35)8-7-32-22-14-20-13-19(3-6-26(20)33-17-22)24(16-30)27(31)23-15-21(28)4-5-25(23)29/h3-6,13-18,30,32H,7-12,31H2,1-2H3/b27-24+,30-16?. The van der Waals surface area contributed by atoms with Gasteiger partial charge in [0.25, 0.3) is 0 Å². The van der Waals surface area contributed by atoms with Gasteiger partial charge in [0.15, 0.2) is 0 Å². The molecule has 1 saturated heterocycles. The molecular formula is C27H32ClFN6. The molecule has 1 aliphatic rings. The highest BCUT2D eigenvalue weighted by atomic mass is 35.5. The van der Waals surface area contributed by atoms with Crippen LogP contribution in [0.1, 0.15) is 25.0 Å². The summed E-state index contributed by atoms with van der Waals surface area (Å²) in [5.41, 5.74) is 9.53. The van der Waals surface area contributed by atoms with E-state index in [0.29, 0.717) is 22.2 Å². The number of nitrogens with zero attached hydrogens (tertiary/aromatic N) is 3. The van der Waals surface area contributed by atoms with Gasteiger partial charge < -0.3 is 16.5 Å². The lowest BCUT2D eigenvalue weighted by Crippen LogP contribution is -2.49. The highest BCUT2D eigenvalue weighted by molar-refractivity contribution is 6.31. The quantitative estimate of drug-likeness (QED) is 0.305. The highest BCUT2D eigenvalue weighted by Crippen LogP contribution is 2.28. The molecule has 0 spiro atoms. The summed E-state index contributed by atoms with van der Waals surface area (Å²) < 4.78 is 14.4. The van der Waals surface area contributed by atoms with E-state index in [1.165, 1.54) is 18.2 Å². The number of allylic oxidation sites excluding steroid dienone is 1. The van der Waals surface area contributed by atoms with Crippen LogP contribution in [-0.2, 0) is 0 Å². The van der Waals surface area contributed by atoms with Crippen LogP contribution in [0.5, 0.6) is 0 Å². The lowest BCUT2D eigenvalue weighted by Gasteiger charge is -2.36. The number of nitrogens with two attached hydrogens (primary N) is 1. The third kappa shape index (κ3) is 5.99. The van der Waals surface area contributed by atoms with Gasteiger partial charge in [0.05, 0.1) is 23.1 Å². The van der Waals surface area contributed by atoms with Crippen molar-refractivity contribution in [2.45, 2.75) is 19.9 Å². The molecule has 0 aliphatic carbocycles. The van der Waals surface area contributed by atoms with Gasteiger partial charge in [-0.1, -0.05) is 17.7 Å². The monoisotopic (exact) mass is 494 g/mol. The summed E-state index contributed by atoms with van der Waals surface area (Å²) in [5.74, 6) is -0.481. The first-order valence-electron chi connectivity index (χ1n) is 11.9. The van der Waals surface area contributed by atoms with E-state index in [1.54, 1.807) is 0 Å². The topological polar surface area (TPSA) is 81.3 Å². The number of hydrogen-bond acceptors (Lipinski definition) is 6. The van der Waals surface area contributed by atoms with Crippen molar-refractivity contribution in [2.24, 2.45) is 5.73 Å². The molecule has 35 heavy (non-hydrogen) atoms. The number of halogens is 2. The average molecular weight is 495 g/mol. The number of anilines is 1. The van der Waals surface area contributed by atoms with E-state index in [4.69, 9.17) is 22.7 Å². The van der Waals surface area contributed by atoms with Gasteiger partial charge in [-0.05, 0) is 55.8 Å². The Balaban J connectivity index is 1.49. The average Bonchev–Trinajstić information content (AvgIpc) is 2.86. The molecule has 0 bridgehead atoms. The molecule has 4 rings (SSSR count). The maximum absolute atomic E-state index is 14.4. The van der Waals surface area contributed by atoms with Crippen molar-refractivity contribution in [3.8, 4) is 0 Å². The maximum Gasteiger partial charge on any atom is 0.132 e. The molecule has 3 aromatic rings. The van der Waals surface area contributed by atoms with E-state index >= 15 is 0 Å². The Morgan fingerprint density at radius 3 is 2.66 bits per heavy atom. The number of benzene rings is 2. The Morgan fingerprint density at radius 2 is 1.94 bits per heavy atom. The first-order chi connectivity index (χ1) is 16.9. The van der Waals surface area contributed by atoms with E-state index in [1.807, 2.05) is 30.5 Å². The van der Waals surface area contributed by atoms with Crippen LogP contribution in [0.15, 0.2) is 48.7 Å². The molecule has 2 aromatic carbocycles. The SMILES string of the molecule is CC(C)N1CCN(CCNc2cnc3ccc(/C(C=N)=C(/N)c4cc(Cl)ccc4F)cc3c2)CC1. The van der Waals surface area contributed by atoms with Gasteiger partial charge >= 0.3 is 0 Å². The smallest absolute Gasteiger partial charge is 0.132 e. The molecule has 8 heteroatoms. The van der Waals surface area contributed by atoms with Crippen molar-refractivity contribution >= 4 is 45.7 Å². The minimum atomic E-state index is -0.481. The van der Waals surface area contributed by atoms with Gasteiger partial charge in [0.1, 0.15) is 5.82 Å². The van der Waals surface area contributed by atoms with E-state index in [2.05, 4.69) is 33.9 Å². The predicted molar refractivity (Wildman–Crippen MR) is 145 cm³/mol. The fourth-order valence-corrected chi connectivity index (χ4v) is 4.60. The molecule has 1 aromatic heterocycles. The summed E-state index contributed by atoms with van der Waals surface area (Å²) in [6.07, 6.45) is 2.98. The summed E-state index contributed by atoms with van der Waals surface area (Å²) in [7, 11) is 0. The van der Waals surface area contributed by atoms with Gasteiger partial charge in [-0.2, -0.15) is 0 Å². The van der Waals surface area contributed by atoms with Crippen LogP contribution in [0.25, 0.3) is 22.2 Å². The molecule has 0 saturated carbocycles. The molecule has 0 amide bonds. The molecule has 2 heterocycles. The molecular weight excluding hydrogens is 463 g/mol. The molecule has 0 unspecified atom stereocenters. The summed E-state index contributed by atoms with van der Waals surface area (Å²) in [4.78, 5) is 9.56. The lowest BCUT2D eigenvalue weighted by molar-refractivity contribution is 0.111. The zero-order chi connectivity index (χ0) is 24.9. The number of hydrogen-bond donors (Lipinski definition) is 3. The molecule has 1 fully saturated rings. The van der Waals surface area contributed by atoms with Crippen LogP contribution in [-0.4, -0.2) is 66.3 Å². The summed E-state index contributed by atoms with van der Waals surface area (Å²) in [6, 6.07) is 12.5. The molecule has 0 atom stereocenters. The van der Waals surface area contributed by atoms with Gasteiger partial charge in [0, 0.05) is 73.1 Å². The Morgan fingerprint density at radius 1 is 1.17 bits per heavy atom. The summed E-state index contributed by atoms with van der Waals surface area (Å²) in [5, 5.41) is 12.7. The van der Waals surface area contributed by atoms with Crippen molar-refractivity contribution in [2.75, 3.05) is 44.6 Å². The molecule has 4 N–H and O–H groups in total. The number of aromatic nitrogens is 1. The fourth-order valence-electron chi connectivity index (χ4n) is 4.42. The summed E-state index contributed by atoms with van der Waals surface area (Å²) >= 11 is 6.04. The van der Waals surface area contributed by atoms with Crippen LogP contribution in [0.3, 0.4) is 0 Å².